The van der Waals surface area contributed by atoms with Crippen molar-refractivity contribution in [2.45, 2.75) is 4.90 Å². The second kappa shape index (κ2) is 2.84. The minimum Gasteiger partial charge on any atom is -0.264 e. The summed E-state index contributed by atoms with van der Waals surface area (Å²) in [5, 5.41) is 0. The largest absolute Gasteiger partial charge is 0.264 e. The first kappa shape index (κ1) is 7.95. The average molecular weight is 173 g/mol. The van der Waals surface area contributed by atoms with Crippen LogP contribution in [0, 0.1) is 0 Å². The standard InChI is InChI=1S/C7H11NS2/c1-10(2,9)7-4-3-5-8-6-7/h3-6,9H,1-2H3. The van der Waals surface area contributed by atoms with E-state index in [9.17, 15) is 0 Å². The highest BCUT2D eigenvalue weighted by atomic mass is 33.1. The van der Waals surface area contributed by atoms with Gasteiger partial charge >= 0.3 is 0 Å². The zero-order valence-electron chi connectivity index (χ0n) is 6.11. The maximum atomic E-state index is 4.49. The van der Waals surface area contributed by atoms with Crippen molar-refractivity contribution < 1.29 is 0 Å². The van der Waals surface area contributed by atoms with E-state index >= 15 is 0 Å². The van der Waals surface area contributed by atoms with Gasteiger partial charge in [0.1, 0.15) is 0 Å². The number of pyridine rings is 1. The molecule has 1 rings (SSSR count). The molecule has 0 unspecified atom stereocenters. The van der Waals surface area contributed by atoms with Crippen molar-refractivity contribution in [2.75, 3.05) is 12.5 Å². The Hall–Kier alpha value is -0.150. The lowest BCUT2D eigenvalue weighted by molar-refractivity contribution is 1.23. The molecule has 56 valence electrons. The molecule has 0 aromatic carbocycles. The summed E-state index contributed by atoms with van der Waals surface area (Å²) in [5.74, 6) is 0. The predicted octanol–water partition coefficient (Wildman–Crippen LogP) is 2.35. The van der Waals surface area contributed by atoms with Crippen molar-refractivity contribution >= 4 is 20.7 Å². The van der Waals surface area contributed by atoms with Crippen LogP contribution in [-0.4, -0.2) is 17.5 Å². The smallest absolute Gasteiger partial charge is 0.0396 e. The molecule has 10 heavy (non-hydrogen) atoms. The van der Waals surface area contributed by atoms with Crippen LogP contribution in [0.15, 0.2) is 29.4 Å². The lowest BCUT2D eigenvalue weighted by Gasteiger charge is -2.23. The highest BCUT2D eigenvalue weighted by Gasteiger charge is 2.06. The Morgan fingerprint density at radius 1 is 1.50 bits per heavy atom. The van der Waals surface area contributed by atoms with Gasteiger partial charge in [0.15, 0.2) is 0 Å². The van der Waals surface area contributed by atoms with Gasteiger partial charge in [0.25, 0.3) is 0 Å². The molecular formula is C7H11NS2. The third-order valence-electron chi connectivity index (χ3n) is 1.21. The van der Waals surface area contributed by atoms with Gasteiger partial charge in [-0.2, -0.15) is 9.06 Å². The van der Waals surface area contributed by atoms with Crippen LogP contribution in [0.1, 0.15) is 0 Å². The average Bonchev–Trinajstić information content (AvgIpc) is 1.88. The number of rotatable bonds is 1. The highest BCUT2D eigenvalue weighted by molar-refractivity contribution is 8.87. The van der Waals surface area contributed by atoms with E-state index in [1.807, 2.05) is 12.3 Å². The van der Waals surface area contributed by atoms with Crippen molar-refractivity contribution in [3.63, 3.8) is 0 Å². The molecule has 0 aliphatic rings. The Balaban J connectivity index is 2.97. The molecule has 1 aromatic heterocycles. The summed E-state index contributed by atoms with van der Waals surface area (Å²) in [6, 6.07) is 4.01. The van der Waals surface area contributed by atoms with Crippen LogP contribution in [0.4, 0.5) is 0 Å². The fourth-order valence-electron chi connectivity index (χ4n) is 0.643. The molecule has 0 spiro atoms. The fourth-order valence-corrected chi connectivity index (χ4v) is 1.70. The van der Waals surface area contributed by atoms with Gasteiger partial charge in [-0.3, -0.25) is 4.98 Å². The van der Waals surface area contributed by atoms with Gasteiger partial charge in [0.2, 0.25) is 0 Å². The monoisotopic (exact) mass is 173 g/mol. The normalized spacial score (nSPS) is 13.1. The Morgan fingerprint density at radius 2 is 2.20 bits per heavy atom. The van der Waals surface area contributed by atoms with Gasteiger partial charge in [0.05, 0.1) is 0 Å². The van der Waals surface area contributed by atoms with Gasteiger partial charge in [0, 0.05) is 17.3 Å². The molecule has 1 heterocycles. The van der Waals surface area contributed by atoms with Crippen molar-refractivity contribution in [2.24, 2.45) is 0 Å². The summed E-state index contributed by atoms with van der Waals surface area (Å²) in [6.45, 7) is 0. The van der Waals surface area contributed by atoms with Crippen molar-refractivity contribution in [1.82, 2.24) is 4.98 Å². The van der Waals surface area contributed by atoms with E-state index < -0.39 is 9.06 Å². The summed E-state index contributed by atoms with van der Waals surface area (Å²) >= 11 is 4.49. The summed E-state index contributed by atoms with van der Waals surface area (Å²) in [4.78, 5) is 5.26. The van der Waals surface area contributed by atoms with E-state index in [4.69, 9.17) is 0 Å². The molecule has 0 radical (unpaired) electrons. The maximum absolute atomic E-state index is 4.49. The van der Waals surface area contributed by atoms with Crippen LogP contribution in [0.5, 0.6) is 0 Å². The fraction of sp³-hybridized carbons (Fsp3) is 0.286. The molecule has 0 fully saturated rings. The molecule has 1 aromatic rings. The van der Waals surface area contributed by atoms with Crippen molar-refractivity contribution in [3.8, 4) is 0 Å². The molecule has 0 amide bonds. The lowest BCUT2D eigenvalue weighted by atomic mass is 10.5. The maximum Gasteiger partial charge on any atom is 0.0396 e. The van der Waals surface area contributed by atoms with Crippen LogP contribution in [0.3, 0.4) is 0 Å². The first-order chi connectivity index (χ1) is 4.61. The third-order valence-corrected chi connectivity index (χ3v) is 3.24. The first-order valence-electron chi connectivity index (χ1n) is 2.96. The molecule has 0 bridgehead atoms. The van der Waals surface area contributed by atoms with E-state index in [0.717, 1.165) is 0 Å². The molecule has 0 saturated heterocycles. The van der Waals surface area contributed by atoms with Gasteiger partial charge in [-0.1, -0.05) is 0 Å². The molecule has 0 N–H and O–H groups in total. The van der Waals surface area contributed by atoms with Crippen LogP contribution >= 0.6 is 20.7 Å². The van der Waals surface area contributed by atoms with Crippen molar-refractivity contribution in [3.05, 3.63) is 24.5 Å². The Morgan fingerprint density at radius 3 is 2.50 bits per heavy atom. The minimum absolute atomic E-state index is 0.871. The lowest BCUT2D eigenvalue weighted by Crippen LogP contribution is -1.86. The van der Waals surface area contributed by atoms with E-state index in [-0.39, 0.29) is 0 Å². The van der Waals surface area contributed by atoms with Crippen molar-refractivity contribution in [1.29, 1.82) is 0 Å². The van der Waals surface area contributed by atoms with Crippen LogP contribution in [-0.2, 0) is 0 Å². The number of thiol groups is 1. The molecule has 1 nitrogen and oxygen atoms in total. The molecular weight excluding hydrogens is 162 g/mol. The summed E-state index contributed by atoms with van der Waals surface area (Å²) in [5.41, 5.74) is 0. The highest BCUT2D eigenvalue weighted by Crippen LogP contribution is 2.52. The Labute approximate surface area is 68.0 Å². The van der Waals surface area contributed by atoms with E-state index in [2.05, 4.69) is 35.2 Å². The van der Waals surface area contributed by atoms with Crippen LogP contribution in [0.25, 0.3) is 0 Å². The first-order valence-corrected chi connectivity index (χ1v) is 6.47. The topological polar surface area (TPSA) is 12.9 Å². The predicted molar refractivity (Wildman–Crippen MR) is 50.9 cm³/mol. The second-order valence-corrected chi connectivity index (χ2v) is 8.22. The SMILES string of the molecule is CS(C)(S)c1cccnc1. The molecule has 0 atom stereocenters. The van der Waals surface area contributed by atoms with E-state index in [0.29, 0.717) is 0 Å². The molecule has 0 saturated carbocycles. The summed E-state index contributed by atoms with van der Waals surface area (Å²) in [6.07, 6.45) is 7.92. The summed E-state index contributed by atoms with van der Waals surface area (Å²) < 4.78 is 0. The zero-order valence-corrected chi connectivity index (χ0v) is 7.82. The van der Waals surface area contributed by atoms with Gasteiger partial charge < -0.3 is 0 Å². The number of hydrogen-bond acceptors (Lipinski definition) is 2. The number of aromatic nitrogens is 1. The third kappa shape index (κ3) is 1.92. The second-order valence-electron chi connectivity index (χ2n) is 2.46. The number of nitrogens with zero attached hydrogens (tertiary/aromatic N) is 1. The number of hydrogen-bond donors (Lipinski definition) is 1. The quantitative estimate of drug-likeness (QED) is 0.508. The molecule has 0 aliphatic carbocycles. The van der Waals surface area contributed by atoms with Crippen LogP contribution in [0.2, 0.25) is 0 Å². The molecule has 0 aliphatic heterocycles. The zero-order chi connectivity index (χ0) is 7.61. The Kier molecular flexibility index (Phi) is 2.26. The van der Waals surface area contributed by atoms with Gasteiger partial charge in [-0.05, 0) is 24.6 Å². The van der Waals surface area contributed by atoms with E-state index in [1.54, 1.807) is 6.20 Å². The summed E-state index contributed by atoms with van der Waals surface area (Å²) in [7, 11) is -0.871. The Bertz CT molecular complexity index is 203. The van der Waals surface area contributed by atoms with E-state index in [1.165, 1.54) is 4.90 Å². The van der Waals surface area contributed by atoms with Crippen LogP contribution < -0.4 is 0 Å². The minimum atomic E-state index is -0.871. The van der Waals surface area contributed by atoms with Gasteiger partial charge in [-0.15, -0.1) is 11.7 Å². The molecule has 3 heteroatoms. The van der Waals surface area contributed by atoms with Gasteiger partial charge in [-0.25, -0.2) is 0 Å².